The van der Waals surface area contributed by atoms with Gasteiger partial charge in [0.15, 0.2) is 0 Å². The van der Waals surface area contributed by atoms with Crippen LogP contribution in [0.4, 0.5) is 5.69 Å². The van der Waals surface area contributed by atoms with Gasteiger partial charge >= 0.3 is 0 Å². The summed E-state index contributed by atoms with van der Waals surface area (Å²) in [5, 5.41) is 19.0. The number of rotatable bonds is 4. The van der Waals surface area contributed by atoms with Crippen LogP contribution in [0.3, 0.4) is 0 Å². The van der Waals surface area contributed by atoms with Gasteiger partial charge in [0.1, 0.15) is 11.9 Å². The number of benzene rings is 1. The normalized spacial score (nSPS) is 11.6. The minimum Gasteiger partial charge on any atom is -0.490 e. The minimum absolute atomic E-state index is 0.0697. The fraction of sp³-hybridized carbons (Fsp3) is 0.364. The number of nitriles is 1. The third-order valence-corrected chi connectivity index (χ3v) is 2.08. The fourth-order valence-electron chi connectivity index (χ4n) is 1.31. The number of aryl methyl sites for hydroxylation is 1. The molecule has 84 valence electrons. The van der Waals surface area contributed by atoms with E-state index in [0.29, 0.717) is 11.3 Å². The van der Waals surface area contributed by atoms with Crippen LogP contribution >= 0.6 is 0 Å². The van der Waals surface area contributed by atoms with Crippen LogP contribution in [-0.2, 0) is 0 Å². The monoisotopic (exact) mass is 220 g/mol. The molecular formula is C11H12N2O3. The van der Waals surface area contributed by atoms with Crippen LogP contribution in [-0.4, -0.2) is 11.0 Å². The molecule has 0 saturated heterocycles. The lowest BCUT2D eigenvalue weighted by Gasteiger charge is -2.11. The zero-order chi connectivity index (χ0) is 12.1. The Labute approximate surface area is 93.4 Å². The van der Waals surface area contributed by atoms with Crippen molar-refractivity contribution in [1.82, 2.24) is 0 Å². The van der Waals surface area contributed by atoms with Gasteiger partial charge in [0.25, 0.3) is 5.69 Å². The molecule has 1 unspecified atom stereocenters. The molecule has 5 nitrogen and oxygen atoms in total. The van der Waals surface area contributed by atoms with E-state index >= 15 is 0 Å². The predicted molar refractivity (Wildman–Crippen MR) is 58.2 cm³/mol. The largest absolute Gasteiger partial charge is 0.490 e. The lowest BCUT2D eigenvalue weighted by molar-refractivity contribution is -0.385. The summed E-state index contributed by atoms with van der Waals surface area (Å²) < 4.78 is 5.43. The molecule has 0 aliphatic heterocycles. The third kappa shape index (κ3) is 2.95. The second kappa shape index (κ2) is 5.12. The van der Waals surface area contributed by atoms with E-state index in [-0.39, 0.29) is 18.2 Å². The third-order valence-electron chi connectivity index (χ3n) is 2.08. The molecule has 0 aliphatic rings. The summed E-state index contributed by atoms with van der Waals surface area (Å²) in [5.41, 5.74) is 0.618. The molecule has 1 atom stereocenters. The van der Waals surface area contributed by atoms with E-state index in [1.165, 1.54) is 6.07 Å². The Morgan fingerprint density at radius 2 is 2.31 bits per heavy atom. The van der Waals surface area contributed by atoms with Crippen molar-refractivity contribution >= 4 is 5.69 Å². The Balaban J connectivity index is 2.82. The Morgan fingerprint density at radius 3 is 2.81 bits per heavy atom. The number of hydrogen-bond donors (Lipinski definition) is 0. The van der Waals surface area contributed by atoms with Crippen LogP contribution in [0, 0.1) is 28.4 Å². The maximum Gasteiger partial charge on any atom is 0.272 e. The molecule has 0 heterocycles. The first kappa shape index (κ1) is 12.0. The molecule has 1 rings (SSSR count). The van der Waals surface area contributed by atoms with Crippen molar-refractivity contribution in [3.05, 3.63) is 33.9 Å². The minimum atomic E-state index is -0.433. The maximum atomic E-state index is 10.6. The van der Waals surface area contributed by atoms with Gasteiger partial charge in [0.2, 0.25) is 0 Å². The predicted octanol–water partition coefficient (Wildman–Crippen LogP) is 2.58. The van der Waals surface area contributed by atoms with E-state index in [1.54, 1.807) is 26.0 Å². The van der Waals surface area contributed by atoms with Crippen molar-refractivity contribution < 1.29 is 9.66 Å². The highest BCUT2D eigenvalue weighted by Gasteiger charge is 2.11. The molecule has 0 amide bonds. The summed E-state index contributed by atoms with van der Waals surface area (Å²) in [6.07, 6.45) is 0.0709. The van der Waals surface area contributed by atoms with E-state index in [0.717, 1.165) is 0 Å². The molecule has 0 fully saturated rings. The summed E-state index contributed by atoms with van der Waals surface area (Å²) >= 11 is 0. The molecule has 0 bridgehead atoms. The molecule has 0 aliphatic carbocycles. The van der Waals surface area contributed by atoms with Crippen molar-refractivity contribution in [2.45, 2.75) is 26.4 Å². The van der Waals surface area contributed by atoms with Gasteiger partial charge in [-0.15, -0.1) is 0 Å². The quantitative estimate of drug-likeness (QED) is 0.577. The highest BCUT2D eigenvalue weighted by molar-refractivity contribution is 5.44. The number of hydrogen-bond acceptors (Lipinski definition) is 4. The van der Waals surface area contributed by atoms with Gasteiger partial charge in [-0.3, -0.25) is 10.1 Å². The van der Waals surface area contributed by atoms with Crippen molar-refractivity contribution in [1.29, 1.82) is 5.26 Å². The molecule has 0 spiro atoms. The number of nitrogens with zero attached hydrogens (tertiary/aromatic N) is 2. The highest BCUT2D eigenvalue weighted by atomic mass is 16.6. The number of ether oxygens (including phenoxy) is 1. The van der Waals surface area contributed by atoms with Crippen LogP contribution in [0.2, 0.25) is 0 Å². The lowest BCUT2D eigenvalue weighted by atomic mass is 10.2. The van der Waals surface area contributed by atoms with E-state index in [4.69, 9.17) is 10.00 Å². The van der Waals surface area contributed by atoms with Gasteiger partial charge in [-0.25, -0.2) is 0 Å². The second-order valence-electron chi connectivity index (χ2n) is 3.50. The van der Waals surface area contributed by atoms with Gasteiger partial charge in [-0.2, -0.15) is 5.26 Å². The smallest absolute Gasteiger partial charge is 0.272 e. The first-order valence-electron chi connectivity index (χ1n) is 4.83. The zero-order valence-electron chi connectivity index (χ0n) is 9.14. The van der Waals surface area contributed by atoms with Gasteiger partial charge in [0.05, 0.1) is 17.4 Å². The summed E-state index contributed by atoms with van der Waals surface area (Å²) in [7, 11) is 0. The van der Waals surface area contributed by atoms with Crippen molar-refractivity contribution in [3.8, 4) is 11.8 Å². The average molecular weight is 220 g/mol. The molecule has 0 saturated carbocycles. The summed E-state index contributed by atoms with van der Waals surface area (Å²) in [5.74, 6) is 0.547. The Kier molecular flexibility index (Phi) is 3.84. The summed E-state index contributed by atoms with van der Waals surface area (Å²) in [6, 6.07) is 6.55. The van der Waals surface area contributed by atoms with E-state index in [1.807, 2.05) is 6.07 Å². The molecule has 0 radical (unpaired) electrons. The maximum absolute atomic E-state index is 10.6. The standard InChI is InChI=1S/C11H12N2O3/c1-8-7-10(16-9(2)5-6-12)3-4-11(8)13(14)15/h3-4,7,9H,5H2,1-2H3. The molecule has 0 aromatic heterocycles. The second-order valence-corrected chi connectivity index (χ2v) is 3.50. The van der Waals surface area contributed by atoms with Crippen LogP contribution in [0.25, 0.3) is 0 Å². The van der Waals surface area contributed by atoms with Gasteiger partial charge in [-0.05, 0) is 26.0 Å². The van der Waals surface area contributed by atoms with E-state index < -0.39 is 4.92 Å². The lowest BCUT2D eigenvalue weighted by Crippen LogP contribution is -2.10. The first-order valence-corrected chi connectivity index (χ1v) is 4.83. The van der Waals surface area contributed by atoms with Crippen LogP contribution in [0.5, 0.6) is 5.75 Å². The zero-order valence-corrected chi connectivity index (χ0v) is 9.14. The summed E-state index contributed by atoms with van der Waals surface area (Å²) in [4.78, 5) is 10.1. The van der Waals surface area contributed by atoms with Gasteiger partial charge in [0, 0.05) is 11.6 Å². The molecule has 1 aromatic rings. The number of nitro groups is 1. The molecule has 1 aromatic carbocycles. The first-order chi connectivity index (χ1) is 7.54. The average Bonchev–Trinajstić information content (AvgIpc) is 2.17. The Hall–Kier alpha value is -2.09. The van der Waals surface area contributed by atoms with E-state index in [9.17, 15) is 10.1 Å². The van der Waals surface area contributed by atoms with Crippen molar-refractivity contribution in [3.63, 3.8) is 0 Å². The SMILES string of the molecule is Cc1cc(OC(C)CC#N)ccc1[N+](=O)[O-]. The molecular weight excluding hydrogens is 208 g/mol. The van der Waals surface area contributed by atoms with Crippen LogP contribution in [0.15, 0.2) is 18.2 Å². The van der Waals surface area contributed by atoms with Crippen LogP contribution in [0.1, 0.15) is 18.9 Å². The molecule has 5 heteroatoms. The van der Waals surface area contributed by atoms with Gasteiger partial charge in [-0.1, -0.05) is 0 Å². The van der Waals surface area contributed by atoms with Crippen molar-refractivity contribution in [2.24, 2.45) is 0 Å². The van der Waals surface area contributed by atoms with Crippen LogP contribution < -0.4 is 4.74 Å². The fourth-order valence-corrected chi connectivity index (χ4v) is 1.31. The topological polar surface area (TPSA) is 76.2 Å². The molecule has 16 heavy (non-hydrogen) atoms. The van der Waals surface area contributed by atoms with Crippen molar-refractivity contribution in [2.75, 3.05) is 0 Å². The van der Waals surface area contributed by atoms with Gasteiger partial charge < -0.3 is 4.74 Å². The number of nitro benzene ring substituents is 1. The summed E-state index contributed by atoms with van der Waals surface area (Å²) in [6.45, 7) is 3.43. The molecule has 0 N–H and O–H groups in total. The highest BCUT2D eigenvalue weighted by Crippen LogP contribution is 2.23. The van der Waals surface area contributed by atoms with E-state index in [2.05, 4.69) is 0 Å². The Bertz CT molecular complexity index is 437. The Morgan fingerprint density at radius 1 is 1.62 bits per heavy atom.